The predicted molar refractivity (Wildman–Crippen MR) is 144 cm³/mol. The third-order valence-corrected chi connectivity index (χ3v) is 7.03. The highest BCUT2D eigenvalue weighted by atomic mass is 19.4. The topological polar surface area (TPSA) is 100 Å². The van der Waals surface area contributed by atoms with Crippen LogP contribution in [0.2, 0.25) is 0 Å². The van der Waals surface area contributed by atoms with Crippen LogP contribution >= 0.6 is 0 Å². The number of pyridine rings is 1. The first kappa shape index (κ1) is 28.9. The average Bonchev–Trinajstić information content (AvgIpc) is 3.17. The maximum atomic E-state index is 14.7. The Bertz CT molecular complexity index is 1510. The fourth-order valence-electron chi connectivity index (χ4n) is 5.32. The molecule has 0 radical (unpaired) electrons. The Balaban J connectivity index is 1.75. The number of likely N-dealkylation sites (tertiary alicyclic amines) is 1. The van der Waals surface area contributed by atoms with Crippen molar-refractivity contribution in [2.75, 3.05) is 11.9 Å². The number of hydrogen-bond donors (Lipinski definition) is 1. The number of benzene rings is 1. The molecule has 0 saturated carbocycles. The number of piperidine rings is 1. The smallest absolute Gasteiger partial charge is 0.419 e. The number of carbonyl (C=O) groups excluding carboxylic acids is 2. The summed E-state index contributed by atoms with van der Waals surface area (Å²) in [6.45, 7) is 9.40. The largest absolute Gasteiger partial charge is 0.444 e. The fraction of sp³-hybridized carbons (Fsp3) is 0.448. The second-order valence-electron chi connectivity index (χ2n) is 11.7. The van der Waals surface area contributed by atoms with Gasteiger partial charge in [0.05, 0.1) is 29.1 Å². The number of carbonyl (C=O) groups is 2. The monoisotopic (exact) mass is 555 g/mol. The number of nitrogens with one attached hydrogen (secondary N) is 1. The van der Waals surface area contributed by atoms with Crippen molar-refractivity contribution in [3.8, 4) is 6.07 Å². The SMILES string of the molecule is Cn1cc(C2CCN(C(=O)OC(C)(C)C)C(C)(C)C2)c2c(C(F)(F)F)c(NC(=O)c3cccc(C#N)c3)cnc21. The lowest BCUT2D eigenvalue weighted by atomic mass is 9.79. The number of fused-ring (bicyclic) bond motifs is 1. The van der Waals surface area contributed by atoms with E-state index in [2.05, 4.69) is 10.3 Å². The lowest BCUT2D eigenvalue weighted by molar-refractivity contribution is -0.135. The first-order valence-electron chi connectivity index (χ1n) is 12.9. The van der Waals surface area contributed by atoms with Crippen molar-refractivity contribution in [3.05, 3.63) is 58.9 Å². The van der Waals surface area contributed by atoms with E-state index < -0.39 is 40.6 Å². The molecular formula is C29H32F3N5O3. The van der Waals surface area contributed by atoms with Crippen LogP contribution in [-0.4, -0.2) is 44.1 Å². The maximum absolute atomic E-state index is 14.7. The number of ether oxygens (including phenoxy) is 1. The van der Waals surface area contributed by atoms with Gasteiger partial charge < -0.3 is 19.5 Å². The van der Waals surface area contributed by atoms with Crippen LogP contribution in [0, 0.1) is 11.3 Å². The van der Waals surface area contributed by atoms with Gasteiger partial charge in [-0.1, -0.05) is 6.07 Å². The van der Waals surface area contributed by atoms with Crippen molar-refractivity contribution >= 4 is 28.7 Å². The second kappa shape index (κ2) is 10.2. The molecule has 2 amide bonds. The summed E-state index contributed by atoms with van der Waals surface area (Å²) >= 11 is 0. The lowest BCUT2D eigenvalue weighted by Crippen LogP contribution is -2.53. The van der Waals surface area contributed by atoms with E-state index in [0.717, 1.165) is 6.20 Å². The molecule has 1 aliphatic heterocycles. The average molecular weight is 556 g/mol. The van der Waals surface area contributed by atoms with Crippen molar-refractivity contribution in [2.24, 2.45) is 7.05 Å². The van der Waals surface area contributed by atoms with Crippen LogP contribution in [0.15, 0.2) is 36.7 Å². The van der Waals surface area contributed by atoms with E-state index in [1.807, 2.05) is 19.9 Å². The van der Waals surface area contributed by atoms with Gasteiger partial charge >= 0.3 is 12.3 Å². The quantitative estimate of drug-likeness (QED) is 0.392. The van der Waals surface area contributed by atoms with Gasteiger partial charge in [0, 0.05) is 36.3 Å². The number of anilines is 1. The van der Waals surface area contributed by atoms with E-state index in [9.17, 15) is 22.8 Å². The Morgan fingerprint density at radius 3 is 2.52 bits per heavy atom. The molecule has 1 aliphatic rings. The molecular weight excluding hydrogens is 523 g/mol. The summed E-state index contributed by atoms with van der Waals surface area (Å²) in [6.07, 6.45) is -1.77. The number of nitrogens with zero attached hydrogens (tertiary/aromatic N) is 4. The minimum atomic E-state index is -4.80. The molecule has 1 saturated heterocycles. The Morgan fingerprint density at radius 1 is 1.23 bits per heavy atom. The molecule has 1 atom stereocenters. The number of aryl methyl sites for hydroxylation is 1. The highest BCUT2D eigenvalue weighted by Crippen LogP contribution is 2.46. The van der Waals surface area contributed by atoms with Crippen molar-refractivity contribution in [2.45, 2.75) is 70.7 Å². The summed E-state index contributed by atoms with van der Waals surface area (Å²) in [5, 5.41) is 11.4. The lowest BCUT2D eigenvalue weighted by Gasteiger charge is -2.45. The van der Waals surface area contributed by atoms with Gasteiger partial charge in [0.1, 0.15) is 11.2 Å². The van der Waals surface area contributed by atoms with Crippen LogP contribution in [0.1, 0.15) is 80.4 Å². The molecule has 1 fully saturated rings. The van der Waals surface area contributed by atoms with Gasteiger partial charge in [-0.25, -0.2) is 9.78 Å². The Hall–Kier alpha value is -4.07. The second-order valence-corrected chi connectivity index (χ2v) is 11.7. The maximum Gasteiger partial charge on any atom is 0.419 e. The number of hydrogen-bond acceptors (Lipinski definition) is 5. The molecule has 8 nitrogen and oxygen atoms in total. The summed E-state index contributed by atoms with van der Waals surface area (Å²) in [4.78, 5) is 31.7. The molecule has 4 rings (SSSR count). The van der Waals surface area contributed by atoms with Gasteiger partial charge in [0.25, 0.3) is 5.91 Å². The van der Waals surface area contributed by atoms with Crippen LogP contribution in [-0.2, 0) is 18.0 Å². The van der Waals surface area contributed by atoms with Gasteiger partial charge in [-0.2, -0.15) is 18.4 Å². The molecule has 212 valence electrons. The number of alkyl halides is 3. The molecule has 0 aliphatic carbocycles. The summed E-state index contributed by atoms with van der Waals surface area (Å²) < 4.78 is 51.2. The van der Waals surface area contributed by atoms with Gasteiger partial charge in [-0.05, 0) is 77.1 Å². The minimum Gasteiger partial charge on any atom is -0.444 e. The standard InChI is InChI=1S/C29H32F3N5O3/c1-27(2,3)40-26(39)37-11-10-19(13-28(37,4)5)20-16-36(6)24-22(20)23(29(30,31)32)21(15-34-24)35-25(38)18-9-7-8-17(12-18)14-33/h7-9,12,15-16,19H,10-11,13H2,1-6H3,(H,35,38). The number of halogens is 3. The van der Waals surface area contributed by atoms with Crippen LogP contribution in [0.3, 0.4) is 0 Å². The van der Waals surface area contributed by atoms with E-state index in [1.165, 1.54) is 24.3 Å². The Labute approximate surface area is 230 Å². The molecule has 3 aromatic rings. The molecule has 1 aromatic carbocycles. The van der Waals surface area contributed by atoms with Crippen LogP contribution in [0.25, 0.3) is 11.0 Å². The number of amides is 2. The summed E-state index contributed by atoms with van der Waals surface area (Å²) in [5.41, 5.74) is -1.95. The highest BCUT2D eigenvalue weighted by molar-refractivity contribution is 6.06. The van der Waals surface area contributed by atoms with E-state index in [1.54, 1.807) is 43.5 Å². The van der Waals surface area contributed by atoms with Crippen LogP contribution in [0.5, 0.6) is 0 Å². The number of nitriles is 1. The first-order valence-corrected chi connectivity index (χ1v) is 12.9. The van der Waals surface area contributed by atoms with Crippen molar-refractivity contribution < 1.29 is 27.5 Å². The van der Waals surface area contributed by atoms with Gasteiger partial charge in [-0.15, -0.1) is 0 Å². The van der Waals surface area contributed by atoms with Gasteiger partial charge in [-0.3, -0.25) is 4.79 Å². The number of aromatic nitrogens is 2. The van der Waals surface area contributed by atoms with E-state index in [-0.39, 0.29) is 28.1 Å². The van der Waals surface area contributed by atoms with Crippen molar-refractivity contribution in [1.82, 2.24) is 14.5 Å². The Morgan fingerprint density at radius 2 is 1.93 bits per heavy atom. The Kier molecular flexibility index (Phi) is 7.34. The summed E-state index contributed by atoms with van der Waals surface area (Å²) in [5.74, 6) is -1.09. The highest BCUT2D eigenvalue weighted by Gasteiger charge is 2.43. The summed E-state index contributed by atoms with van der Waals surface area (Å²) in [7, 11) is 1.63. The zero-order valence-electron chi connectivity index (χ0n) is 23.3. The fourth-order valence-corrected chi connectivity index (χ4v) is 5.32. The van der Waals surface area contributed by atoms with E-state index in [0.29, 0.717) is 24.9 Å². The van der Waals surface area contributed by atoms with Crippen molar-refractivity contribution in [3.63, 3.8) is 0 Å². The zero-order valence-corrected chi connectivity index (χ0v) is 23.3. The third-order valence-electron chi connectivity index (χ3n) is 7.03. The molecule has 1 unspecified atom stereocenters. The van der Waals surface area contributed by atoms with E-state index in [4.69, 9.17) is 10.00 Å². The van der Waals surface area contributed by atoms with Gasteiger partial charge in [0.15, 0.2) is 0 Å². The predicted octanol–water partition coefficient (Wildman–Crippen LogP) is 6.61. The van der Waals surface area contributed by atoms with E-state index >= 15 is 0 Å². The normalized spacial score (nSPS) is 17.4. The van der Waals surface area contributed by atoms with Gasteiger partial charge in [0.2, 0.25) is 0 Å². The molecule has 2 aromatic heterocycles. The molecule has 3 heterocycles. The molecule has 0 bridgehead atoms. The number of rotatable bonds is 3. The van der Waals surface area contributed by atoms with Crippen LogP contribution < -0.4 is 5.32 Å². The van der Waals surface area contributed by atoms with Crippen molar-refractivity contribution in [1.29, 1.82) is 5.26 Å². The third kappa shape index (κ3) is 5.76. The molecule has 1 N–H and O–H groups in total. The molecule has 0 spiro atoms. The molecule has 11 heteroatoms. The first-order chi connectivity index (χ1) is 18.5. The zero-order chi connectivity index (χ0) is 29.6. The summed E-state index contributed by atoms with van der Waals surface area (Å²) in [6, 6.07) is 7.63. The minimum absolute atomic E-state index is 0.0526. The molecule has 40 heavy (non-hydrogen) atoms. The van der Waals surface area contributed by atoms with Crippen LogP contribution in [0.4, 0.5) is 23.7 Å².